The van der Waals surface area contributed by atoms with Gasteiger partial charge in [-0.3, -0.25) is 9.59 Å². The van der Waals surface area contributed by atoms with E-state index in [0.29, 0.717) is 30.0 Å². The van der Waals surface area contributed by atoms with Crippen LogP contribution in [0, 0.1) is 6.92 Å². The van der Waals surface area contributed by atoms with Crippen LogP contribution in [-0.4, -0.2) is 43.6 Å². The minimum atomic E-state index is -0.748. The molecule has 8 heteroatoms. The molecule has 8 nitrogen and oxygen atoms in total. The standard InChI is InChI=1S/C19H24N2O6/c1-5-20-18(23)12(4)21-16(22)10-26-19(24)17-11(3)14-9-13(25-6-2)7-8-15(14)27-17/h7-9,12H,5-6,10H2,1-4H3,(H,20,23)(H,21,22)/t12-/m0/s1. The van der Waals surface area contributed by atoms with E-state index < -0.39 is 24.5 Å². The fraction of sp³-hybridized carbons (Fsp3) is 0.421. The summed E-state index contributed by atoms with van der Waals surface area (Å²) in [5, 5.41) is 5.79. The number of esters is 1. The van der Waals surface area contributed by atoms with Crippen LogP contribution in [0.1, 0.15) is 36.9 Å². The molecule has 0 saturated heterocycles. The first-order chi connectivity index (χ1) is 12.9. The summed E-state index contributed by atoms with van der Waals surface area (Å²) in [6, 6.07) is 4.53. The Hall–Kier alpha value is -3.03. The van der Waals surface area contributed by atoms with Crippen molar-refractivity contribution in [1.29, 1.82) is 0 Å². The van der Waals surface area contributed by atoms with Crippen molar-refractivity contribution >= 4 is 28.8 Å². The predicted octanol–water partition coefficient (Wildman–Crippen LogP) is 1.94. The number of carbonyl (C=O) groups is 3. The summed E-state index contributed by atoms with van der Waals surface area (Å²) >= 11 is 0. The lowest BCUT2D eigenvalue weighted by molar-refractivity contribution is -0.130. The summed E-state index contributed by atoms with van der Waals surface area (Å²) in [6.07, 6.45) is 0. The van der Waals surface area contributed by atoms with Crippen molar-refractivity contribution in [3.05, 3.63) is 29.5 Å². The molecule has 0 saturated carbocycles. The molecule has 1 aromatic carbocycles. The molecule has 1 atom stereocenters. The van der Waals surface area contributed by atoms with Gasteiger partial charge in [0.1, 0.15) is 17.4 Å². The van der Waals surface area contributed by atoms with Crippen molar-refractivity contribution in [2.24, 2.45) is 0 Å². The summed E-state index contributed by atoms with van der Waals surface area (Å²) < 4.78 is 16.0. The molecule has 0 aliphatic carbocycles. The minimum absolute atomic E-state index is 0.0308. The van der Waals surface area contributed by atoms with E-state index in [1.807, 2.05) is 6.92 Å². The average Bonchev–Trinajstić information content (AvgIpc) is 2.96. The van der Waals surface area contributed by atoms with Crippen molar-refractivity contribution in [3.8, 4) is 5.75 Å². The molecular formula is C19H24N2O6. The first-order valence-electron chi connectivity index (χ1n) is 8.77. The van der Waals surface area contributed by atoms with Gasteiger partial charge in [-0.15, -0.1) is 0 Å². The second kappa shape index (κ2) is 9.07. The van der Waals surface area contributed by atoms with Crippen molar-refractivity contribution in [3.63, 3.8) is 0 Å². The highest BCUT2D eigenvalue weighted by atomic mass is 16.5. The molecule has 1 heterocycles. The van der Waals surface area contributed by atoms with Gasteiger partial charge in [0.25, 0.3) is 5.91 Å². The number of nitrogens with one attached hydrogen (secondary N) is 2. The molecule has 27 heavy (non-hydrogen) atoms. The Kier molecular flexibility index (Phi) is 6.81. The van der Waals surface area contributed by atoms with Crippen molar-refractivity contribution in [2.75, 3.05) is 19.8 Å². The third-order valence-electron chi connectivity index (χ3n) is 3.86. The van der Waals surface area contributed by atoms with Gasteiger partial charge in [-0.25, -0.2) is 4.79 Å². The Morgan fingerprint density at radius 2 is 1.96 bits per heavy atom. The first kappa shape index (κ1) is 20.3. The molecule has 0 unspecified atom stereocenters. The smallest absolute Gasteiger partial charge is 0.375 e. The fourth-order valence-corrected chi connectivity index (χ4v) is 2.52. The van der Waals surface area contributed by atoms with Crippen LogP contribution in [0.15, 0.2) is 22.6 Å². The SMILES string of the molecule is CCNC(=O)[C@H](C)NC(=O)COC(=O)c1oc2ccc(OCC)cc2c1C. The largest absolute Gasteiger partial charge is 0.494 e. The summed E-state index contributed by atoms with van der Waals surface area (Å²) in [5.74, 6) is -0.928. The average molecular weight is 376 g/mol. The lowest BCUT2D eigenvalue weighted by Gasteiger charge is -2.13. The zero-order valence-electron chi connectivity index (χ0n) is 15.9. The normalized spacial score (nSPS) is 11.7. The van der Waals surface area contributed by atoms with Gasteiger partial charge < -0.3 is 24.5 Å². The Morgan fingerprint density at radius 3 is 2.63 bits per heavy atom. The third kappa shape index (κ3) is 4.99. The van der Waals surface area contributed by atoms with Crippen molar-refractivity contribution < 1.29 is 28.3 Å². The molecule has 2 N–H and O–H groups in total. The maximum Gasteiger partial charge on any atom is 0.375 e. The molecule has 0 spiro atoms. The van der Waals surface area contributed by atoms with Crippen LogP contribution in [-0.2, 0) is 14.3 Å². The molecule has 0 aliphatic rings. The maximum absolute atomic E-state index is 12.3. The van der Waals surface area contributed by atoms with E-state index in [-0.39, 0.29) is 11.7 Å². The van der Waals surface area contributed by atoms with Crippen LogP contribution < -0.4 is 15.4 Å². The lowest BCUT2D eigenvalue weighted by Crippen LogP contribution is -2.46. The summed E-state index contributed by atoms with van der Waals surface area (Å²) in [4.78, 5) is 35.7. The molecule has 2 rings (SSSR count). The first-order valence-corrected chi connectivity index (χ1v) is 8.77. The Morgan fingerprint density at radius 1 is 1.22 bits per heavy atom. The molecule has 2 aromatic rings. The quantitative estimate of drug-likeness (QED) is 0.682. The molecule has 146 valence electrons. The van der Waals surface area contributed by atoms with Gasteiger partial charge in [-0.1, -0.05) is 0 Å². The number of aryl methyl sites for hydroxylation is 1. The number of likely N-dealkylation sites (N-methyl/N-ethyl adjacent to an activating group) is 1. The number of rotatable bonds is 8. The van der Waals surface area contributed by atoms with Crippen LogP contribution in [0.2, 0.25) is 0 Å². The van der Waals surface area contributed by atoms with Crippen molar-refractivity contribution in [1.82, 2.24) is 10.6 Å². The van der Waals surface area contributed by atoms with Gasteiger partial charge in [0.2, 0.25) is 11.7 Å². The molecule has 0 radical (unpaired) electrons. The van der Waals surface area contributed by atoms with E-state index >= 15 is 0 Å². The number of carbonyl (C=O) groups excluding carboxylic acids is 3. The summed E-state index contributed by atoms with van der Waals surface area (Å²) in [6.45, 7) is 7.42. The number of fused-ring (bicyclic) bond motifs is 1. The Labute approximate surface area is 157 Å². The predicted molar refractivity (Wildman–Crippen MR) is 98.7 cm³/mol. The molecule has 1 aromatic heterocycles. The maximum atomic E-state index is 12.3. The Bertz CT molecular complexity index is 842. The van der Waals surface area contributed by atoms with E-state index in [9.17, 15) is 14.4 Å². The third-order valence-corrected chi connectivity index (χ3v) is 3.86. The second-order valence-corrected chi connectivity index (χ2v) is 5.91. The highest BCUT2D eigenvalue weighted by Gasteiger charge is 2.21. The Balaban J connectivity index is 2.00. The molecule has 0 aliphatic heterocycles. The number of ether oxygens (including phenoxy) is 2. The number of hydrogen-bond acceptors (Lipinski definition) is 6. The topological polar surface area (TPSA) is 107 Å². The molecule has 2 amide bonds. The van der Waals surface area contributed by atoms with Gasteiger partial charge in [-0.05, 0) is 45.9 Å². The fourth-order valence-electron chi connectivity index (χ4n) is 2.52. The van der Waals surface area contributed by atoms with E-state index in [0.717, 1.165) is 5.39 Å². The number of benzene rings is 1. The number of amides is 2. The van der Waals surface area contributed by atoms with E-state index in [1.165, 1.54) is 0 Å². The molecule has 0 bridgehead atoms. The molecular weight excluding hydrogens is 352 g/mol. The summed E-state index contributed by atoms with van der Waals surface area (Å²) in [5.41, 5.74) is 1.13. The monoisotopic (exact) mass is 376 g/mol. The van der Waals surface area contributed by atoms with E-state index in [4.69, 9.17) is 13.9 Å². The van der Waals surface area contributed by atoms with Crippen LogP contribution in [0.3, 0.4) is 0 Å². The van der Waals surface area contributed by atoms with Gasteiger partial charge in [0.05, 0.1) is 6.61 Å². The van der Waals surface area contributed by atoms with Gasteiger partial charge in [0.15, 0.2) is 6.61 Å². The van der Waals surface area contributed by atoms with Gasteiger partial charge >= 0.3 is 5.97 Å². The lowest BCUT2D eigenvalue weighted by atomic mass is 10.1. The second-order valence-electron chi connectivity index (χ2n) is 5.91. The molecule has 0 fully saturated rings. The zero-order valence-corrected chi connectivity index (χ0v) is 15.9. The highest BCUT2D eigenvalue weighted by Crippen LogP contribution is 2.29. The van der Waals surface area contributed by atoms with Crippen LogP contribution in [0.4, 0.5) is 0 Å². The van der Waals surface area contributed by atoms with E-state index in [1.54, 1.807) is 39.0 Å². The summed E-state index contributed by atoms with van der Waals surface area (Å²) in [7, 11) is 0. The van der Waals surface area contributed by atoms with Gasteiger partial charge in [-0.2, -0.15) is 0 Å². The van der Waals surface area contributed by atoms with Crippen LogP contribution >= 0.6 is 0 Å². The van der Waals surface area contributed by atoms with E-state index in [2.05, 4.69) is 10.6 Å². The van der Waals surface area contributed by atoms with Gasteiger partial charge in [0, 0.05) is 17.5 Å². The number of hydrogen-bond donors (Lipinski definition) is 2. The number of furan rings is 1. The van der Waals surface area contributed by atoms with Crippen LogP contribution in [0.5, 0.6) is 5.75 Å². The highest BCUT2D eigenvalue weighted by molar-refractivity contribution is 5.97. The zero-order chi connectivity index (χ0) is 20.0. The van der Waals surface area contributed by atoms with Crippen LogP contribution in [0.25, 0.3) is 11.0 Å². The minimum Gasteiger partial charge on any atom is -0.494 e. The van der Waals surface area contributed by atoms with Crippen molar-refractivity contribution in [2.45, 2.75) is 33.7 Å².